The monoisotopic (exact) mass is 567 g/mol. The Hall–Kier alpha value is -3.68. The third kappa shape index (κ3) is 4.91. The lowest BCUT2D eigenvalue weighted by Gasteiger charge is -2.32. The molecule has 41 heavy (non-hydrogen) atoms. The zero-order valence-corrected chi connectivity index (χ0v) is 23.9. The Bertz CT molecular complexity index is 1660. The van der Waals surface area contributed by atoms with Crippen LogP contribution in [0, 0.1) is 23.6 Å². The molecule has 0 bridgehead atoms. The summed E-state index contributed by atoms with van der Waals surface area (Å²) in [6.45, 7) is 3.32. The summed E-state index contributed by atoms with van der Waals surface area (Å²) >= 11 is 0. The van der Waals surface area contributed by atoms with Gasteiger partial charge < -0.3 is 5.43 Å². The first-order valence-electron chi connectivity index (χ1n) is 14.5. The minimum Gasteiger partial charge on any atom is -0.301 e. The summed E-state index contributed by atoms with van der Waals surface area (Å²) in [6, 6.07) is 23.9. The van der Waals surface area contributed by atoms with Gasteiger partial charge in [-0.25, -0.2) is 12.8 Å². The molecule has 1 fully saturated rings. The summed E-state index contributed by atoms with van der Waals surface area (Å²) in [5.74, 6) is 0.542. The van der Waals surface area contributed by atoms with Gasteiger partial charge in [-0.1, -0.05) is 55.0 Å². The van der Waals surface area contributed by atoms with Crippen LogP contribution in [0.2, 0.25) is 0 Å². The van der Waals surface area contributed by atoms with Crippen molar-refractivity contribution in [3.05, 3.63) is 119 Å². The maximum Gasteiger partial charge on any atom is 0.243 e. The molecular weight excluding hydrogens is 533 g/mol. The number of hydrazine groups is 1. The summed E-state index contributed by atoms with van der Waals surface area (Å²) in [6.07, 6.45) is 8.34. The maximum atomic E-state index is 14.0. The molecule has 0 radical (unpaired) electrons. The van der Waals surface area contributed by atoms with E-state index >= 15 is 0 Å². The molecule has 1 saturated carbocycles. The van der Waals surface area contributed by atoms with Gasteiger partial charge in [0.15, 0.2) is 0 Å². The molecule has 0 amide bonds. The zero-order chi connectivity index (χ0) is 28.1. The number of benzene rings is 3. The molecule has 3 aromatic rings. The van der Waals surface area contributed by atoms with E-state index < -0.39 is 10.0 Å². The van der Waals surface area contributed by atoms with Crippen LogP contribution in [0.1, 0.15) is 32.6 Å². The number of nitrogens with one attached hydrogen (secondary N) is 1. The highest BCUT2D eigenvalue weighted by Gasteiger charge is 2.41. The second kappa shape index (κ2) is 10.3. The van der Waals surface area contributed by atoms with Gasteiger partial charge in [-0.3, -0.25) is 5.01 Å². The molecule has 1 heterocycles. The van der Waals surface area contributed by atoms with Gasteiger partial charge in [0.25, 0.3) is 0 Å². The number of hydrogen-bond acceptors (Lipinski definition) is 4. The van der Waals surface area contributed by atoms with Crippen molar-refractivity contribution in [2.75, 3.05) is 18.1 Å². The van der Waals surface area contributed by atoms with E-state index in [1.807, 2.05) is 53.7 Å². The number of hydrogen-bond donors (Lipinski definition) is 1. The van der Waals surface area contributed by atoms with Crippen LogP contribution < -0.4 is 10.4 Å². The highest BCUT2D eigenvalue weighted by atomic mass is 32.2. The molecule has 7 rings (SSSR count). The van der Waals surface area contributed by atoms with Crippen LogP contribution in [-0.4, -0.2) is 25.8 Å². The van der Waals surface area contributed by atoms with Crippen LogP contribution in [0.3, 0.4) is 0 Å². The molecule has 0 saturated heterocycles. The van der Waals surface area contributed by atoms with Gasteiger partial charge >= 0.3 is 0 Å². The van der Waals surface area contributed by atoms with Gasteiger partial charge in [0.1, 0.15) is 5.82 Å². The van der Waals surface area contributed by atoms with Gasteiger partial charge in [-0.05, 0) is 96.7 Å². The quantitative estimate of drug-likeness (QED) is 0.317. The van der Waals surface area contributed by atoms with Gasteiger partial charge in [-0.15, -0.1) is 0 Å². The van der Waals surface area contributed by atoms with E-state index in [2.05, 4.69) is 18.4 Å². The van der Waals surface area contributed by atoms with E-state index in [0.29, 0.717) is 23.9 Å². The maximum absolute atomic E-state index is 14.0. The average molecular weight is 568 g/mol. The van der Waals surface area contributed by atoms with Gasteiger partial charge in [0, 0.05) is 30.8 Å². The van der Waals surface area contributed by atoms with E-state index in [9.17, 15) is 12.8 Å². The van der Waals surface area contributed by atoms with Crippen molar-refractivity contribution in [3.8, 4) is 11.1 Å². The number of anilines is 1. The molecule has 3 aromatic carbocycles. The molecule has 3 aliphatic carbocycles. The lowest BCUT2D eigenvalue weighted by molar-refractivity contribution is 0.345. The molecule has 210 valence electrons. The molecule has 7 heteroatoms. The van der Waals surface area contributed by atoms with Crippen molar-refractivity contribution in [1.29, 1.82) is 0 Å². The minimum atomic E-state index is -3.63. The second-order valence-corrected chi connectivity index (χ2v) is 13.6. The Balaban J connectivity index is 1.15. The van der Waals surface area contributed by atoms with E-state index in [0.717, 1.165) is 48.2 Å². The third-order valence-corrected chi connectivity index (χ3v) is 10.8. The normalized spacial score (nSPS) is 21.9. The summed E-state index contributed by atoms with van der Waals surface area (Å²) in [5, 5.41) is 2.01. The fourth-order valence-electron chi connectivity index (χ4n) is 6.61. The molecular formula is C34H34FN3O2S. The topological polar surface area (TPSA) is 52.6 Å². The van der Waals surface area contributed by atoms with E-state index in [4.69, 9.17) is 0 Å². The van der Waals surface area contributed by atoms with Crippen LogP contribution in [-0.2, 0) is 10.0 Å². The lowest BCUT2D eigenvalue weighted by Crippen LogP contribution is -2.38. The largest absolute Gasteiger partial charge is 0.301 e. The van der Waals surface area contributed by atoms with Crippen LogP contribution in [0.4, 0.5) is 10.1 Å². The van der Waals surface area contributed by atoms with Crippen molar-refractivity contribution in [2.24, 2.45) is 17.8 Å². The van der Waals surface area contributed by atoms with Crippen molar-refractivity contribution >= 4 is 15.7 Å². The zero-order valence-electron chi connectivity index (χ0n) is 23.1. The number of nitrogens with zero attached hydrogens (tertiary/aromatic N) is 2. The number of allylic oxidation sites excluding steroid dienone is 3. The van der Waals surface area contributed by atoms with Crippen LogP contribution in [0.15, 0.2) is 118 Å². The number of halogens is 1. The number of rotatable bonds is 8. The number of sulfonamides is 1. The number of fused-ring (bicyclic) bond motifs is 1. The van der Waals surface area contributed by atoms with Crippen molar-refractivity contribution in [3.63, 3.8) is 0 Å². The second-order valence-electron chi connectivity index (χ2n) is 11.7. The van der Waals surface area contributed by atoms with Crippen molar-refractivity contribution in [1.82, 2.24) is 9.73 Å². The first-order valence-corrected chi connectivity index (χ1v) is 15.9. The Morgan fingerprint density at radius 1 is 0.902 bits per heavy atom. The van der Waals surface area contributed by atoms with Crippen molar-refractivity contribution < 1.29 is 12.8 Å². The molecule has 1 N–H and O–H groups in total. The lowest BCUT2D eigenvalue weighted by atomic mass is 9.80. The predicted molar refractivity (Wildman–Crippen MR) is 160 cm³/mol. The fourth-order valence-corrected chi connectivity index (χ4v) is 8.17. The van der Waals surface area contributed by atoms with E-state index in [-0.39, 0.29) is 17.7 Å². The minimum absolute atomic E-state index is 0.172. The van der Waals surface area contributed by atoms with Gasteiger partial charge in [0.2, 0.25) is 10.0 Å². The fraction of sp³-hybridized carbons (Fsp3) is 0.294. The summed E-state index contributed by atoms with van der Waals surface area (Å²) < 4.78 is 43.3. The smallest absolute Gasteiger partial charge is 0.243 e. The molecule has 5 nitrogen and oxygen atoms in total. The highest BCUT2D eigenvalue weighted by Crippen LogP contribution is 2.48. The molecule has 4 aliphatic rings. The van der Waals surface area contributed by atoms with E-state index in [1.165, 1.54) is 28.9 Å². The SMILES string of the molecule is C[C@H]1C2=CNN(c3ccc(F)cc3)C2=CC2=C1[C@@H](CN(CC1CC1)S(=O)(=O)c1ccc(-c3ccccc3)cc1)CC2. The summed E-state index contributed by atoms with van der Waals surface area (Å²) in [7, 11) is -3.63. The Labute approximate surface area is 241 Å². The van der Waals surface area contributed by atoms with Gasteiger partial charge in [-0.2, -0.15) is 4.31 Å². The van der Waals surface area contributed by atoms with Crippen LogP contribution in [0.5, 0.6) is 0 Å². The Kier molecular flexibility index (Phi) is 6.59. The first kappa shape index (κ1) is 26.2. The standard InChI is InChI=1S/C34H34FN3O2S/c1-23-32-20-36-38(30-15-13-29(35)14-16-30)33(32)19-27-9-10-28(34(23)27)22-37(21-24-7-8-24)41(39,40)31-17-11-26(12-18-31)25-5-3-2-4-6-25/h2-6,11-20,23-24,28,36H,7-10,21-22H2,1H3/t23-,28+/m0/s1. The molecule has 0 spiro atoms. The Morgan fingerprint density at radius 2 is 1.61 bits per heavy atom. The average Bonchev–Trinajstić information content (AvgIpc) is 3.57. The third-order valence-electron chi connectivity index (χ3n) is 8.97. The van der Waals surface area contributed by atoms with Crippen LogP contribution in [0.25, 0.3) is 11.1 Å². The molecule has 2 atom stereocenters. The summed E-state index contributed by atoms with van der Waals surface area (Å²) in [5.41, 5.74) is 11.3. The Morgan fingerprint density at radius 3 is 2.32 bits per heavy atom. The van der Waals surface area contributed by atoms with Crippen LogP contribution >= 0.6 is 0 Å². The molecule has 1 aliphatic heterocycles. The highest BCUT2D eigenvalue weighted by molar-refractivity contribution is 7.89. The summed E-state index contributed by atoms with van der Waals surface area (Å²) in [4.78, 5) is 0.363. The van der Waals surface area contributed by atoms with E-state index in [1.54, 1.807) is 28.6 Å². The predicted octanol–water partition coefficient (Wildman–Crippen LogP) is 7.04. The molecule has 0 aromatic heterocycles. The molecule has 0 unspecified atom stereocenters. The van der Waals surface area contributed by atoms with Gasteiger partial charge in [0.05, 0.1) is 16.3 Å². The van der Waals surface area contributed by atoms with Crippen molar-refractivity contribution in [2.45, 2.75) is 37.5 Å². The first-order chi connectivity index (χ1) is 19.9.